The first-order valence-corrected chi connectivity index (χ1v) is 12.2. The molecule has 1 fully saturated rings. The molecule has 0 atom stereocenters. The summed E-state index contributed by atoms with van der Waals surface area (Å²) in [4.78, 5) is 22.2. The number of urea groups is 1. The number of benzene rings is 3. The Morgan fingerprint density at radius 3 is 2.34 bits per heavy atom. The third kappa shape index (κ3) is 5.46. The molecule has 4 aromatic rings. The highest BCUT2D eigenvalue weighted by molar-refractivity contribution is 6.00. The van der Waals surface area contributed by atoms with E-state index in [1.54, 1.807) is 0 Å². The number of carbonyl (C=O) groups excluding carboxylic acids is 1. The number of nitrogens with one attached hydrogen (secondary N) is 2. The molecular weight excluding hydrogens is 436 g/mol. The first-order chi connectivity index (χ1) is 17.0. The monoisotopic (exact) mass is 468 g/mol. The van der Waals surface area contributed by atoms with Crippen molar-refractivity contribution in [3.63, 3.8) is 0 Å². The molecule has 1 aliphatic heterocycles. The van der Waals surface area contributed by atoms with Crippen LogP contribution in [0.3, 0.4) is 0 Å². The van der Waals surface area contributed by atoms with Gasteiger partial charge in [0.2, 0.25) is 0 Å². The second-order valence-electron chi connectivity index (χ2n) is 9.15. The molecule has 2 amide bonds. The Morgan fingerprint density at radius 2 is 1.60 bits per heavy atom. The van der Waals surface area contributed by atoms with Gasteiger partial charge in [-0.3, -0.25) is 4.90 Å². The van der Waals surface area contributed by atoms with Crippen molar-refractivity contribution in [3.8, 4) is 0 Å². The zero-order valence-corrected chi connectivity index (χ0v) is 20.4. The molecule has 7 heteroatoms. The van der Waals surface area contributed by atoms with E-state index >= 15 is 0 Å². The number of imidazole rings is 1. The maximum absolute atomic E-state index is 12.3. The van der Waals surface area contributed by atoms with Gasteiger partial charge in [-0.15, -0.1) is 0 Å². The highest BCUT2D eigenvalue weighted by Gasteiger charge is 2.18. The fraction of sp³-hybridized carbons (Fsp3) is 0.286. The summed E-state index contributed by atoms with van der Waals surface area (Å²) < 4.78 is 2.16. The van der Waals surface area contributed by atoms with E-state index < -0.39 is 0 Å². The molecule has 35 heavy (non-hydrogen) atoms. The zero-order valence-electron chi connectivity index (χ0n) is 20.4. The molecule has 2 N–H and O–H groups in total. The molecule has 0 saturated carbocycles. The first-order valence-electron chi connectivity index (χ1n) is 12.2. The number of rotatable bonds is 6. The van der Waals surface area contributed by atoms with Gasteiger partial charge in [0.05, 0.1) is 11.0 Å². The van der Waals surface area contributed by atoms with Gasteiger partial charge in [0.15, 0.2) is 0 Å². The maximum atomic E-state index is 12.3. The summed E-state index contributed by atoms with van der Waals surface area (Å²) in [5, 5.41) is 5.75. The lowest BCUT2D eigenvalue weighted by Crippen LogP contribution is -2.47. The molecule has 0 bridgehead atoms. The molecule has 3 aromatic carbocycles. The highest BCUT2D eigenvalue weighted by atomic mass is 16.2. The second-order valence-corrected chi connectivity index (χ2v) is 9.15. The van der Waals surface area contributed by atoms with Crippen molar-refractivity contribution in [1.29, 1.82) is 0 Å². The van der Waals surface area contributed by atoms with Gasteiger partial charge < -0.3 is 20.1 Å². The summed E-state index contributed by atoms with van der Waals surface area (Å²) >= 11 is 0. The van der Waals surface area contributed by atoms with E-state index in [9.17, 15) is 4.79 Å². The van der Waals surface area contributed by atoms with Crippen LogP contribution in [0.1, 0.15) is 11.4 Å². The largest absolute Gasteiger partial charge is 0.369 e. The maximum Gasteiger partial charge on any atom is 0.323 e. The van der Waals surface area contributed by atoms with Gasteiger partial charge in [-0.25, -0.2) is 9.78 Å². The summed E-state index contributed by atoms with van der Waals surface area (Å²) in [5.74, 6) is 1.06. The number of aromatic nitrogens is 2. The third-order valence-electron chi connectivity index (χ3n) is 6.69. The van der Waals surface area contributed by atoms with Gasteiger partial charge in [0, 0.05) is 63.3 Å². The van der Waals surface area contributed by atoms with E-state index in [1.807, 2.05) is 48.5 Å². The van der Waals surface area contributed by atoms with Gasteiger partial charge in [-0.2, -0.15) is 0 Å². The van der Waals surface area contributed by atoms with E-state index in [-0.39, 0.29) is 6.03 Å². The number of anilines is 3. The standard InChI is InChI=1S/C28H32N6O/c1-21-8-11-24(12-9-21)34-18-16-33(17-19-34)15-14-27-31-25-20-23(10-13-26(25)32(27)2)30-28(35)29-22-6-4-3-5-7-22/h3-13,20H,14-19H2,1-2H3,(H2,29,30,35). The van der Waals surface area contributed by atoms with Crippen LogP contribution in [0, 0.1) is 6.92 Å². The van der Waals surface area contributed by atoms with Crippen LogP contribution in [0.25, 0.3) is 11.0 Å². The molecular formula is C28H32N6O. The average Bonchev–Trinajstić information content (AvgIpc) is 3.18. The SMILES string of the molecule is Cc1ccc(N2CCN(CCc3nc4cc(NC(=O)Nc5ccccc5)ccc4n3C)CC2)cc1. The quantitative estimate of drug-likeness (QED) is 0.423. The van der Waals surface area contributed by atoms with Crippen LogP contribution in [0.15, 0.2) is 72.8 Å². The smallest absolute Gasteiger partial charge is 0.323 e. The molecule has 0 radical (unpaired) electrons. The summed E-state index contributed by atoms with van der Waals surface area (Å²) in [6.45, 7) is 7.33. The van der Waals surface area contributed by atoms with E-state index in [1.165, 1.54) is 11.3 Å². The minimum absolute atomic E-state index is 0.267. The molecule has 0 aliphatic carbocycles. The molecule has 7 nitrogen and oxygen atoms in total. The zero-order chi connectivity index (χ0) is 24.2. The number of hydrogen-bond acceptors (Lipinski definition) is 4. The third-order valence-corrected chi connectivity index (χ3v) is 6.69. The van der Waals surface area contributed by atoms with E-state index in [0.717, 1.165) is 67.4 Å². The van der Waals surface area contributed by atoms with E-state index in [0.29, 0.717) is 0 Å². The van der Waals surface area contributed by atoms with Crippen LogP contribution in [-0.4, -0.2) is 53.2 Å². The average molecular weight is 469 g/mol. The molecule has 0 unspecified atom stereocenters. The van der Waals surface area contributed by atoms with Crippen molar-refractivity contribution in [2.24, 2.45) is 7.05 Å². The second kappa shape index (κ2) is 10.2. The summed E-state index contributed by atoms with van der Waals surface area (Å²) in [5.41, 5.74) is 6.05. The summed E-state index contributed by atoms with van der Waals surface area (Å²) in [6.07, 6.45) is 0.896. The fourth-order valence-electron chi connectivity index (χ4n) is 4.61. The number of hydrogen-bond donors (Lipinski definition) is 2. The molecule has 180 valence electrons. The summed E-state index contributed by atoms with van der Waals surface area (Å²) in [6, 6.07) is 23.8. The number of fused-ring (bicyclic) bond motifs is 1. The predicted molar refractivity (Wildman–Crippen MR) is 143 cm³/mol. The van der Waals surface area contributed by atoms with Crippen molar-refractivity contribution in [3.05, 3.63) is 84.2 Å². The van der Waals surface area contributed by atoms with Crippen LogP contribution in [0.2, 0.25) is 0 Å². The molecule has 2 heterocycles. The Bertz CT molecular complexity index is 1290. The Balaban J connectivity index is 1.17. The molecule has 1 aromatic heterocycles. The van der Waals surface area contributed by atoms with Crippen LogP contribution in [0.5, 0.6) is 0 Å². The van der Waals surface area contributed by atoms with Crippen molar-refractivity contribution in [1.82, 2.24) is 14.5 Å². The number of aryl methyl sites for hydroxylation is 2. The van der Waals surface area contributed by atoms with Gasteiger partial charge >= 0.3 is 6.03 Å². The Morgan fingerprint density at radius 1 is 0.886 bits per heavy atom. The molecule has 0 spiro atoms. The van der Waals surface area contributed by atoms with Crippen molar-refractivity contribution in [2.75, 3.05) is 48.3 Å². The topological polar surface area (TPSA) is 65.4 Å². The Hall–Kier alpha value is -3.84. The van der Waals surface area contributed by atoms with Gasteiger partial charge in [-0.1, -0.05) is 35.9 Å². The molecule has 1 saturated heterocycles. The number of piperazine rings is 1. The fourth-order valence-corrected chi connectivity index (χ4v) is 4.61. The van der Waals surface area contributed by atoms with Crippen molar-refractivity contribution < 1.29 is 4.79 Å². The first kappa shape index (κ1) is 22.9. The Labute approximate surface area is 206 Å². The van der Waals surface area contributed by atoms with E-state index in [4.69, 9.17) is 4.98 Å². The lowest BCUT2D eigenvalue weighted by atomic mass is 10.2. The van der Waals surface area contributed by atoms with Gasteiger partial charge in [0.25, 0.3) is 0 Å². The Kier molecular flexibility index (Phi) is 6.68. The van der Waals surface area contributed by atoms with Crippen molar-refractivity contribution in [2.45, 2.75) is 13.3 Å². The number of carbonyl (C=O) groups is 1. The number of amides is 2. The normalized spacial score (nSPS) is 14.3. The number of para-hydroxylation sites is 1. The van der Waals surface area contributed by atoms with Gasteiger partial charge in [-0.05, 0) is 49.4 Å². The minimum atomic E-state index is -0.267. The molecule has 5 rings (SSSR count). The van der Waals surface area contributed by atoms with Gasteiger partial charge in [0.1, 0.15) is 5.82 Å². The van der Waals surface area contributed by atoms with Crippen LogP contribution < -0.4 is 15.5 Å². The van der Waals surface area contributed by atoms with Crippen LogP contribution >= 0.6 is 0 Å². The predicted octanol–water partition coefficient (Wildman–Crippen LogP) is 4.89. The van der Waals surface area contributed by atoms with Crippen LogP contribution in [-0.2, 0) is 13.5 Å². The minimum Gasteiger partial charge on any atom is -0.369 e. The lowest BCUT2D eigenvalue weighted by Gasteiger charge is -2.36. The summed E-state index contributed by atoms with van der Waals surface area (Å²) in [7, 11) is 2.06. The van der Waals surface area contributed by atoms with Crippen LogP contribution in [0.4, 0.5) is 21.9 Å². The van der Waals surface area contributed by atoms with Crippen molar-refractivity contribution >= 4 is 34.1 Å². The lowest BCUT2D eigenvalue weighted by molar-refractivity contribution is 0.259. The molecule has 1 aliphatic rings. The number of nitrogens with zero attached hydrogens (tertiary/aromatic N) is 4. The highest BCUT2D eigenvalue weighted by Crippen LogP contribution is 2.21. The van der Waals surface area contributed by atoms with E-state index in [2.05, 4.69) is 63.2 Å².